The molecule has 156 valence electrons. The van der Waals surface area contributed by atoms with Crippen molar-refractivity contribution in [1.29, 1.82) is 0 Å². The molecular weight excluding hydrogens is 400 g/mol. The summed E-state index contributed by atoms with van der Waals surface area (Å²) in [5.41, 5.74) is 5.77. The summed E-state index contributed by atoms with van der Waals surface area (Å²) in [5, 5.41) is 3.96. The van der Waals surface area contributed by atoms with Gasteiger partial charge in [-0.15, -0.1) is 0 Å². The first kappa shape index (κ1) is 19.6. The minimum atomic E-state index is -0.146. The molecule has 0 radical (unpaired) electrons. The van der Waals surface area contributed by atoms with Crippen LogP contribution in [0.25, 0.3) is 33.3 Å². The van der Waals surface area contributed by atoms with Gasteiger partial charge in [-0.05, 0) is 54.4 Å². The maximum absolute atomic E-state index is 12.7. The second-order valence-electron chi connectivity index (χ2n) is 7.44. The normalized spacial score (nSPS) is 10.9. The first-order valence-electron chi connectivity index (χ1n) is 10.2. The van der Waals surface area contributed by atoms with Crippen LogP contribution in [0.2, 0.25) is 0 Å². The third-order valence-electron chi connectivity index (χ3n) is 5.23. The van der Waals surface area contributed by atoms with Gasteiger partial charge in [-0.1, -0.05) is 12.1 Å². The highest BCUT2D eigenvalue weighted by molar-refractivity contribution is 5.97. The number of nitrogens with one attached hydrogen (secondary N) is 1. The van der Waals surface area contributed by atoms with E-state index in [1.54, 1.807) is 30.9 Å². The minimum Gasteiger partial charge on any atom is -0.338 e. The van der Waals surface area contributed by atoms with Crippen LogP contribution in [0, 0.1) is 6.92 Å². The zero-order chi connectivity index (χ0) is 21.9. The van der Waals surface area contributed by atoms with E-state index >= 15 is 0 Å². The van der Waals surface area contributed by atoms with Crippen molar-refractivity contribution >= 4 is 22.6 Å². The Morgan fingerprint density at radius 1 is 0.938 bits per heavy atom. The van der Waals surface area contributed by atoms with E-state index in [0.29, 0.717) is 5.82 Å². The van der Waals surface area contributed by atoms with Crippen LogP contribution in [0.1, 0.15) is 5.69 Å². The number of aromatic nitrogens is 5. The van der Waals surface area contributed by atoms with Crippen LogP contribution in [-0.2, 0) is 11.3 Å². The molecule has 1 amide bonds. The average molecular weight is 420 g/mol. The average Bonchev–Trinajstić information content (AvgIpc) is 3.23. The number of hydrogen-bond donors (Lipinski definition) is 1. The number of carbonyl (C=O) groups excluding carboxylic acids is 1. The number of benzene rings is 1. The quantitative estimate of drug-likeness (QED) is 0.452. The maximum atomic E-state index is 12.7. The number of fused-ring (bicyclic) bond motifs is 1. The van der Waals surface area contributed by atoms with E-state index in [-0.39, 0.29) is 12.5 Å². The molecule has 4 heterocycles. The molecule has 1 aromatic carbocycles. The number of hydrogen-bond acceptors (Lipinski definition) is 5. The topological polar surface area (TPSA) is 85.6 Å². The Morgan fingerprint density at radius 2 is 1.88 bits per heavy atom. The molecule has 0 aliphatic heterocycles. The van der Waals surface area contributed by atoms with E-state index in [2.05, 4.69) is 37.4 Å². The van der Waals surface area contributed by atoms with E-state index in [4.69, 9.17) is 0 Å². The SMILES string of the molecule is Cc1cc(-c2cccc3c2ccn3CC(=O)Nc2ccc(-c3cnccn3)cn2)ccn1. The van der Waals surface area contributed by atoms with Crippen molar-refractivity contribution in [2.45, 2.75) is 13.5 Å². The second kappa shape index (κ2) is 8.39. The zero-order valence-electron chi connectivity index (χ0n) is 17.4. The molecule has 5 rings (SSSR count). The fraction of sp³-hybridized carbons (Fsp3) is 0.0800. The summed E-state index contributed by atoms with van der Waals surface area (Å²) in [6, 6.07) is 15.9. The molecule has 5 aromatic rings. The zero-order valence-corrected chi connectivity index (χ0v) is 17.4. The van der Waals surface area contributed by atoms with Gasteiger partial charge >= 0.3 is 0 Å². The van der Waals surface area contributed by atoms with Crippen molar-refractivity contribution in [3.05, 3.63) is 91.4 Å². The van der Waals surface area contributed by atoms with Gasteiger partial charge < -0.3 is 9.88 Å². The Balaban J connectivity index is 1.34. The largest absolute Gasteiger partial charge is 0.338 e. The van der Waals surface area contributed by atoms with Crippen LogP contribution in [0.3, 0.4) is 0 Å². The van der Waals surface area contributed by atoms with Crippen molar-refractivity contribution in [3.63, 3.8) is 0 Å². The number of nitrogens with zero attached hydrogens (tertiary/aromatic N) is 5. The van der Waals surface area contributed by atoms with Gasteiger partial charge in [0.15, 0.2) is 0 Å². The number of aryl methyl sites for hydroxylation is 1. The number of amides is 1. The Bertz CT molecular complexity index is 1390. The first-order chi connectivity index (χ1) is 15.7. The summed E-state index contributed by atoms with van der Waals surface area (Å²) in [6.07, 6.45) is 10.4. The third-order valence-corrected chi connectivity index (χ3v) is 5.23. The number of anilines is 1. The molecule has 0 bridgehead atoms. The highest BCUT2D eigenvalue weighted by Gasteiger charge is 2.11. The molecule has 32 heavy (non-hydrogen) atoms. The Hall–Kier alpha value is -4.39. The van der Waals surface area contributed by atoms with Crippen molar-refractivity contribution in [1.82, 2.24) is 24.5 Å². The molecule has 0 saturated heterocycles. The lowest BCUT2D eigenvalue weighted by Crippen LogP contribution is -2.18. The fourth-order valence-electron chi connectivity index (χ4n) is 3.73. The number of carbonyl (C=O) groups is 1. The molecule has 1 N–H and O–H groups in total. The van der Waals surface area contributed by atoms with Gasteiger partial charge in [0.2, 0.25) is 5.91 Å². The highest BCUT2D eigenvalue weighted by Crippen LogP contribution is 2.29. The standard InChI is InChI=1S/C25H20N6O/c1-17-13-18(7-9-27-17)20-3-2-4-23-21(20)8-12-31(23)16-25(32)30-24-6-5-19(14-29-24)22-15-26-10-11-28-22/h2-15H,16H2,1H3,(H,29,30,32). The molecule has 0 fully saturated rings. The molecule has 0 saturated carbocycles. The number of rotatable bonds is 5. The predicted octanol–water partition coefficient (Wildman–Crippen LogP) is 4.50. The van der Waals surface area contributed by atoms with Gasteiger partial charge in [0.25, 0.3) is 0 Å². The molecule has 0 atom stereocenters. The Kier molecular flexibility index (Phi) is 5.13. The van der Waals surface area contributed by atoms with Crippen LogP contribution in [0.5, 0.6) is 0 Å². The monoisotopic (exact) mass is 420 g/mol. The summed E-state index contributed by atoms with van der Waals surface area (Å²) in [7, 11) is 0. The minimum absolute atomic E-state index is 0.146. The smallest absolute Gasteiger partial charge is 0.245 e. The number of pyridine rings is 2. The van der Waals surface area contributed by atoms with Crippen molar-refractivity contribution in [3.8, 4) is 22.4 Å². The maximum Gasteiger partial charge on any atom is 0.245 e. The Labute approximate surface area is 184 Å². The molecule has 0 spiro atoms. The van der Waals surface area contributed by atoms with E-state index in [1.165, 1.54) is 0 Å². The van der Waals surface area contributed by atoms with E-state index in [1.807, 2.05) is 54.2 Å². The lowest BCUT2D eigenvalue weighted by Gasteiger charge is -2.09. The molecule has 4 aromatic heterocycles. The van der Waals surface area contributed by atoms with Gasteiger partial charge in [0.1, 0.15) is 12.4 Å². The van der Waals surface area contributed by atoms with Gasteiger partial charge in [0.05, 0.1) is 11.9 Å². The summed E-state index contributed by atoms with van der Waals surface area (Å²) < 4.78 is 1.94. The second-order valence-corrected chi connectivity index (χ2v) is 7.44. The van der Waals surface area contributed by atoms with Crippen LogP contribution in [0.15, 0.2) is 85.7 Å². The van der Waals surface area contributed by atoms with E-state index in [9.17, 15) is 4.79 Å². The van der Waals surface area contributed by atoms with Gasteiger partial charge in [-0.25, -0.2) is 4.98 Å². The summed E-state index contributed by atoms with van der Waals surface area (Å²) in [4.78, 5) is 29.6. The lowest BCUT2D eigenvalue weighted by atomic mass is 10.0. The van der Waals surface area contributed by atoms with Crippen LogP contribution < -0.4 is 5.32 Å². The summed E-state index contributed by atoms with van der Waals surface area (Å²) >= 11 is 0. The summed E-state index contributed by atoms with van der Waals surface area (Å²) in [5.74, 6) is 0.347. The first-order valence-corrected chi connectivity index (χ1v) is 10.2. The van der Waals surface area contributed by atoms with Crippen LogP contribution >= 0.6 is 0 Å². The van der Waals surface area contributed by atoms with E-state index in [0.717, 1.165) is 39.0 Å². The van der Waals surface area contributed by atoms with E-state index < -0.39 is 0 Å². The molecule has 0 unspecified atom stereocenters. The van der Waals surface area contributed by atoms with Crippen LogP contribution in [0.4, 0.5) is 5.82 Å². The molecule has 0 aliphatic carbocycles. The fourth-order valence-corrected chi connectivity index (χ4v) is 3.73. The van der Waals surface area contributed by atoms with Gasteiger partial charge in [-0.2, -0.15) is 0 Å². The highest BCUT2D eigenvalue weighted by atomic mass is 16.2. The summed E-state index contributed by atoms with van der Waals surface area (Å²) in [6.45, 7) is 2.17. The molecular formula is C25H20N6O. The lowest BCUT2D eigenvalue weighted by molar-refractivity contribution is -0.116. The van der Waals surface area contributed by atoms with Crippen molar-refractivity contribution in [2.75, 3.05) is 5.32 Å². The van der Waals surface area contributed by atoms with Crippen molar-refractivity contribution in [2.24, 2.45) is 0 Å². The van der Waals surface area contributed by atoms with Gasteiger partial charge in [0, 0.05) is 53.1 Å². The van der Waals surface area contributed by atoms with Gasteiger partial charge in [-0.3, -0.25) is 19.7 Å². The molecule has 7 nitrogen and oxygen atoms in total. The molecule has 7 heteroatoms. The van der Waals surface area contributed by atoms with Crippen molar-refractivity contribution < 1.29 is 4.79 Å². The Morgan fingerprint density at radius 3 is 2.66 bits per heavy atom. The molecule has 0 aliphatic rings. The third kappa shape index (κ3) is 3.96. The predicted molar refractivity (Wildman–Crippen MR) is 124 cm³/mol. The van der Waals surface area contributed by atoms with Crippen LogP contribution in [-0.4, -0.2) is 30.4 Å².